The fourth-order valence-corrected chi connectivity index (χ4v) is 4.36. The van der Waals surface area contributed by atoms with Crippen molar-refractivity contribution in [3.05, 3.63) is 70.9 Å². The van der Waals surface area contributed by atoms with Gasteiger partial charge >= 0.3 is 18.2 Å². The number of hydrogen-bond donors (Lipinski definition) is 0. The Labute approximate surface area is 198 Å². The van der Waals surface area contributed by atoms with Crippen molar-refractivity contribution in [2.24, 2.45) is 0 Å². The van der Waals surface area contributed by atoms with E-state index >= 15 is 0 Å². The zero-order chi connectivity index (χ0) is 26.5. The molecule has 0 unspecified atom stereocenters. The normalized spacial score (nSPS) is 12.8. The summed E-state index contributed by atoms with van der Waals surface area (Å²) in [4.78, 5) is 16.2. The van der Waals surface area contributed by atoms with Gasteiger partial charge in [0.15, 0.2) is 21.3 Å². The van der Waals surface area contributed by atoms with Crippen LogP contribution in [0.1, 0.15) is 12.5 Å². The second-order valence-corrected chi connectivity index (χ2v) is 9.58. The number of benzene rings is 1. The van der Waals surface area contributed by atoms with E-state index in [-0.39, 0.29) is 16.8 Å². The van der Waals surface area contributed by atoms with Crippen LogP contribution in [0.5, 0.6) is 5.75 Å². The predicted molar refractivity (Wildman–Crippen MR) is 113 cm³/mol. The van der Waals surface area contributed by atoms with Crippen LogP contribution in [-0.2, 0) is 16.0 Å². The topological polar surface area (TPSA) is 95.6 Å². The highest BCUT2D eigenvalue weighted by Crippen LogP contribution is 2.35. The van der Waals surface area contributed by atoms with Crippen LogP contribution in [0, 0.1) is 0 Å². The number of ether oxygens (including phenoxy) is 1. The van der Waals surface area contributed by atoms with E-state index in [2.05, 4.69) is 14.8 Å². The van der Waals surface area contributed by atoms with E-state index in [0.29, 0.717) is 21.3 Å². The highest BCUT2D eigenvalue weighted by Gasteiger charge is 2.33. The molecule has 4 aromatic rings. The van der Waals surface area contributed by atoms with Crippen molar-refractivity contribution in [3.8, 4) is 22.7 Å². The van der Waals surface area contributed by atoms with E-state index < -0.39 is 55.8 Å². The van der Waals surface area contributed by atoms with Crippen molar-refractivity contribution < 1.29 is 39.5 Å². The zero-order valence-corrected chi connectivity index (χ0v) is 18.8. The number of halogens is 6. The average Bonchev–Trinajstić information content (AvgIpc) is 3.13. The van der Waals surface area contributed by atoms with Crippen molar-refractivity contribution in [1.82, 2.24) is 19.2 Å². The lowest BCUT2D eigenvalue weighted by molar-refractivity contribution is -0.274. The van der Waals surface area contributed by atoms with E-state index in [4.69, 9.17) is 0 Å². The van der Waals surface area contributed by atoms with Crippen molar-refractivity contribution in [1.29, 1.82) is 0 Å². The second kappa shape index (κ2) is 8.65. The van der Waals surface area contributed by atoms with Gasteiger partial charge in [-0.2, -0.15) is 17.9 Å². The Morgan fingerprint density at radius 3 is 2.36 bits per heavy atom. The number of nitrogens with zero attached hydrogens (tertiary/aromatic N) is 4. The summed E-state index contributed by atoms with van der Waals surface area (Å²) in [7, 11) is -4.16. The van der Waals surface area contributed by atoms with Crippen molar-refractivity contribution >= 4 is 15.5 Å². The minimum absolute atomic E-state index is 0.0817. The zero-order valence-electron chi connectivity index (χ0n) is 18.0. The van der Waals surface area contributed by atoms with E-state index in [1.807, 2.05) is 0 Å². The molecule has 0 atom stereocenters. The maximum atomic E-state index is 13.1. The molecular weight excluding hydrogens is 518 g/mol. The average molecular weight is 532 g/mol. The van der Waals surface area contributed by atoms with E-state index in [0.717, 1.165) is 24.4 Å². The third-order valence-electron chi connectivity index (χ3n) is 5.02. The van der Waals surface area contributed by atoms with E-state index in [1.54, 1.807) is 0 Å². The Kier molecular flexibility index (Phi) is 6.06. The number of hydrogen-bond acceptors (Lipinski definition) is 6. The molecule has 0 saturated carbocycles. The smallest absolute Gasteiger partial charge is 0.405 e. The first-order valence-corrected chi connectivity index (χ1v) is 11.6. The molecule has 0 saturated heterocycles. The minimum atomic E-state index is -5.03. The largest absolute Gasteiger partial charge is 0.573 e. The van der Waals surface area contributed by atoms with Crippen LogP contribution in [0.4, 0.5) is 26.3 Å². The molecule has 36 heavy (non-hydrogen) atoms. The Bertz CT molecular complexity index is 1620. The molecule has 190 valence electrons. The van der Waals surface area contributed by atoms with Gasteiger partial charge < -0.3 is 4.74 Å². The Morgan fingerprint density at radius 2 is 1.72 bits per heavy atom. The van der Waals surface area contributed by atoms with Gasteiger partial charge in [0.25, 0.3) is 0 Å². The monoisotopic (exact) mass is 532 g/mol. The number of sulfone groups is 1. The van der Waals surface area contributed by atoms with Crippen LogP contribution in [0.3, 0.4) is 0 Å². The molecule has 3 aromatic heterocycles. The van der Waals surface area contributed by atoms with Crippen molar-refractivity contribution in [3.63, 3.8) is 0 Å². The van der Waals surface area contributed by atoms with Gasteiger partial charge in [0.1, 0.15) is 10.6 Å². The van der Waals surface area contributed by atoms with E-state index in [1.165, 1.54) is 25.1 Å². The summed E-state index contributed by atoms with van der Waals surface area (Å²) in [5, 5.41) is 3.88. The maximum absolute atomic E-state index is 13.1. The maximum Gasteiger partial charge on any atom is 0.573 e. The molecule has 0 bridgehead atoms. The van der Waals surface area contributed by atoms with E-state index in [9.17, 15) is 39.6 Å². The van der Waals surface area contributed by atoms with Crippen molar-refractivity contribution in [2.45, 2.75) is 24.4 Å². The summed E-state index contributed by atoms with van der Waals surface area (Å²) >= 11 is 0. The lowest BCUT2D eigenvalue weighted by atomic mass is 10.1. The summed E-state index contributed by atoms with van der Waals surface area (Å²) in [5.74, 6) is -1.63. The molecular formula is C21H14F6N4O4S. The molecule has 0 aliphatic rings. The Hall–Kier alpha value is -3.88. The molecule has 0 amide bonds. The number of rotatable bonds is 5. The number of pyridine rings is 2. The molecule has 0 radical (unpaired) electrons. The van der Waals surface area contributed by atoms with Gasteiger partial charge in [0, 0.05) is 23.5 Å². The quantitative estimate of drug-likeness (QED) is 0.357. The molecule has 8 nitrogen and oxygen atoms in total. The molecule has 0 aliphatic carbocycles. The highest BCUT2D eigenvalue weighted by molar-refractivity contribution is 7.91. The summed E-state index contributed by atoms with van der Waals surface area (Å²) < 4.78 is 109. The van der Waals surface area contributed by atoms with Gasteiger partial charge in [-0.3, -0.25) is 0 Å². The number of fused-ring (bicyclic) bond motifs is 1. The predicted octanol–water partition coefficient (Wildman–Crippen LogP) is 4.26. The minimum Gasteiger partial charge on any atom is -0.405 e. The molecule has 0 fully saturated rings. The first kappa shape index (κ1) is 25.2. The van der Waals surface area contributed by atoms with Crippen LogP contribution in [-0.4, -0.2) is 39.7 Å². The fraction of sp³-hybridized carbons (Fsp3) is 0.190. The molecule has 1 aromatic carbocycles. The highest BCUT2D eigenvalue weighted by atomic mass is 32.2. The number of aromatic nitrogens is 4. The summed E-state index contributed by atoms with van der Waals surface area (Å²) in [6.07, 6.45) is -8.27. The third-order valence-corrected chi connectivity index (χ3v) is 6.75. The molecule has 0 aliphatic heterocycles. The first-order chi connectivity index (χ1) is 16.7. The van der Waals surface area contributed by atoms with Gasteiger partial charge in [0.05, 0.1) is 11.3 Å². The molecule has 15 heteroatoms. The van der Waals surface area contributed by atoms with Gasteiger partial charge in [-0.25, -0.2) is 22.6 Å². The molecule has 4 rings (SSSR count). The lowest BCUT2D eigenvalue weighted by Gasteiger charge is -2.14. The van der Waals surface area contributed by atoms with Crippen LogP contribution >= 0.6 is 0 Å². The SMILES string of the molecule is CCS(=O)(=O)c1cc(-c2ccccc2OC(F)(F)F)cnc1-n1nc2ccc(C(F)(F)F)cn2c1=O. The standard InChI is InChI=1S/C21H14F6N4O4S/c1-2-36(33,34)16-9-12(14-5-3-4-6-15(14)35-21(25,26)27)10-28-18(16)31-19(32)30-11-13(20(22,23)24)7-8-17(30)29-31/h3-11H,2H2,1H3. The third kappa shape index (κ3) is 4.78. The van der Waals surface area contributed by atoms with Gasteiger partial charge in [-0.1, -0.05) is 25.1 Å². The van der Waals surface area contributed by atoms with Crippen LogP contribution < -0.4 is 10.4 Å². The summed E-state index contributed by atoms with van der Waals surface area (Å²) in [5.41, 5.74) is -2.71. The van der Waals surface area contributed by atoms with Gasteiger partial charge in [-0.05, 0) is 24.3 Å². The fourth-order valence-electron chi connectivity index (χ4n) is 3.33. The molecule has 0 N–H and O–H groups in total. The van der Waals surface area contributed by atoms with Crippen LogP contribution in [0.25, 0.3) is 22.6 Å². The Morgan fingerprint density at radius 1 is 1.03 bits per heavy atom. The van der Waals surface area contributed by atoms with Crippen LogP contribution in [0.2, 0.25) is 0 Å². The molecule has 3 heterocycles. The van der Waals surface area contributed by atoms with Gasteiger partial charge in [-0.15, -0.1) is 18.3 Å². The first-order valence-electron chi connectivity index (χ1n) is 9.98. The van der Waals surface area contributed by atoms with Gasteiger partial charge in [0.2, 0.25) is 0 Å². The summed E-state index contributed by atoms with van der Waals surface area (Å²) in [6.45, 7) is 1.29. The summed E-state index contributed by atoms with van der Waals surface area (Å²) in [6, 6.07) is 7.56. The Balaban J connectivity index is 1.94. The number of para-hydroxylation sites is 1. The molecule has 0 spiro atoms. The van der Waals surface area contributed by atoms with Crippen molar-refractivity contribution in [2.75, 3.05) is 5.75 Å². The number of alkyl halides is 6. The second-order valence-electron chi connectivity index (χ2n) is 7.33. The van der Waals surface area contributed by atoms with Crippen LogP contribution in [0.15, 0.2) is 64.5 Å². The lowest BCUT2D eigenvalue weighted by Crippen LogP contribution is -2.23.